The van der Waals surface area contributed by atoms with E-state index < -0.39 is 29.6 Å². The maximum atomic E-state index is 12.9. The van der Waals surface area contributed by atoms with Gasteiger partial charge in [0.25, 0.3) is 0 Å². The molecule has 20 heavy (non-hydrogen) atoms. The average molecular weight is 286 g/mol. The van der Waals surface area contributed by atoms with Crippen LogP contribution in [-0.2, 0) is 11.3 Å². The summed E-state index contributed by atoms with van der Waals surface area (Å²) in [4.78, 5) is 22.2. The molecule has 0 aliphatic heterocycles. The number of nitrogens with one attached hydrogen (secondary N) is 2. The quantitative estimate of drug-likeness (QED) is 0.747. The topological polar surface area (TPSA) is 78.4 Å². The van der Waals surface area contributed by atoms with E-state index in [0.29, 0.717) is 12.0 Å². The first-order valence-electron chi connectivity index (χ1n) is 6.12. The number of urea groups is 1. The van der Waals surface area contributed by atoms with Crippen LogP contribution < -0.4 is 10.6 Å². The number of carbonyl (C=O) groups excluding carboxylic acids is 1. The smallest absolute Gasteiger partial charge is 0.315 e. The summed E-state index contributed by atoms with van der Waals surface area (Å²) in [6.07, 6.45) is 0.402. The first kappa shape index (κ1) is 15.9. The zero-order valence-corrected chi connectivity index (χ0v) is 11.0. The van der Waals surface area contributed by atoms with Crippen LogP contribution >= 0.6 is 0 Å². The van der Waals surface area contributed by atoms with Gasteiger partial charge in [-0.25, -0.2) is 13.6 Å². The Morgan fingerprint density at radius 1 is 1.25 bits per heavy atom. The lowest BCUT2D eigenvalue weighted by Gasteiger charge is -2.12. The molecule has 110 valence electrons. The highest BCUT2D eigenvalue weighted by Gasteiger charge is 2.15. The Hall–Kier alpha value is -2.18. The van der Waals surface area contributed by atoms with Crippen molar-refractivity contribution < 1.29 is 23.5 Å². The van der Waals surface area contributed by atoms with Crippen molar-refractivity contribution in [2.45, 2.75) is 19.9 Å². The van der Waals surface area contributed by atoms with Crippen molar-refractivity contribution in [1.29, 1.82) is 0 Å². The van der Waals surface area contributed by atoms with Crippen LogP contribution in [0.3, 0.4) is 0 Å². The SMILES string of the molecule is CCC(CNC(=O)NCc1ccc(F)c(F)c1)C(=O)O. The maximum absolute atomic E-state index is 12.9. The van der Waals surface area contributed by atoms with E-state index in [1.807, 2.05) is 0 Å². The minimum absolute atomic E-state index is 0.00937. The second-order valence-electron chi connectivity index (χ2n) is 4.26. The second kappa shape index (κ2) is 7.42. The van der Waals surface area contributed by atoms with Gasteiger partial charge in [0.2, 0.25) is 0 Å². The molecule has 0 aromatic heterocycles. The highest BCUT2D eigenvalue weighted by molar-refractivity contribution is 5.75. The molecule has 0 spiro atoms. The highest BCUT2D eigenvalue weighted by atomic mass is 19.2. The molecule has 0 aliphatic rings. The van der Waals surface area contributed by atoms with Gasteiger partial charge in [0.1, 0.15) is 0 Å². The van der Waals surface area contributed by atoms with E-state index in [-0.39, 0.29) is 13.1 Å². The van der Waals surface area contributed by atoms with Crippen molar-refractivity contribution in [3.63, 3.8) is 0 Å². The van der Waals surface area contributed by atoms with Crippen molar-refractivity contribution in [1.82, 2.24) is 10.6 Å². The summed E-state index contributed by atoms with van der Waals surface area (Å²) in [5.41, 5.74) is 0.407. The van der Waals surface area contributed by atoms with Gasteiger partial charge in [-0.15, -0.1) is 0 Å². The van der Waals surface area contributed by atoms with E-state index in [0.717, 1.165) is 12.1 Å². The average Bonchev–Trinajstić information content (AvgIpc) is 2.40. The fourth-order valence-electron chi connectivity index (χ4n) is 1.52. The molecular weight excluding hydrogens is 270 g/mol. The molecule has 0 fully saturated rings. The zero-order valence-electron chi connectivity index (χ0n) is 11.0. The second-order valence-corrected chi connectivity index (χ2v) is 4.26. The van der Waals surface area contributed by atoms with Crippen LogP contribution in [0.25, 0.3) is 0 Å². The Morgan fingerprint density at radius 2 is 1.95 bits per heavy atom. The summed E-state index contributed by atoms with van der Waals surface area (Å²) in [6.45, 7) is 1.74. The number of rotatable bonds is 6. The van der Waals surface area contributed by atoms with Gasteiger partial charge < -0.3 is 15.7 Å². The molecule has 3 N–H and O–H groups in total. The lowest BCUT2D eigenvalue weighted by atomic mass is 10.1. The fraction of sp³-hybridized carbons (Fsp3) is 0.385. The van der Waals surface area contributed by atoms with E-state index >= 15 is 0 Å². The number of hydrogen-bond donors (Lipinski definition) is 3. The van der Waals surface area contributed by atoms with E-state index in [1.54, 1.807) is 6.92 Å². The Morgan fingerprint density at radius 3 is 2.50 bits per heavy atom. The number of carboxylic acid groups (broad SMARTS) is 1. The highest BCUT2D eigenvalue weighted by Crippen LogP contribution is 2.08. The van der Waals surface area contributed by atoms with Crippen molar-refractivity contribution in [2.75, 3.05) is 6.54 Å². The zero-order chi connectivity index (χ0) is 15.1. The summed E-state index contributed by atoms with van der Waals surface area (Å²) < 4.78 is 25.6. The third kappa shape index (κ3) is 4.83. The fourth-order valence-corrected chi connectivity index (χ4v) is 1.52. The molecule has 0 bridgehead atoms. The van der Waals surface area contributed by atoms with Gasteiger partial charge in [0, 0.05) is 13.1 Å². The number of halogens is 2. The molecule has 1 unspecified atom stereocenters. The summed E-state index contributed by atoms with van der Waals surface area (Å²) in [5, 5.41) is 13.6. The molecular formula is C13H16F2N2O3. The molecule has 0 radical (unpaired) electrons. The van der Waals surface area contributed by atoms with E-state index in [4.69, 9.17) is 5.11 Å². The molecule has 0 heterocycles. The van der Waals surface area contributed by atoms with Crippen LogP contribution in [0.5, 0.6) is 0 Å². The van der Waals surface area contributed by atoms with Crippen LogP contribution in [0, 0.1) is 17.6 Å². The van der Waals surface area contributed by atoms with E-state index in [1.165, 1.54) is 6.07 Å². The normalized spacial score (nSPS) is 11.8. The molecule has 7 heteroatoms. The Balaban J connectivity index is 2.39. The van der Waals surface area contributed by atoms with Crippen LogP contribution in [0.1, 0.15) is 18.9 Å². The number of hydrogen-bond acceptors (Lipinski definition) is 2. The summed E-state index contributed by atoms with van der Waals surface area (Å²) in [5.74, 6) is -3.57. The first-order valence-corrected chi connectivity index (χ1v) is 6.12. The van der Waals surface area contributed by atoms with Gasteiger partial charge >= 0.3 is 12.0 Å². The molecule has 5 nitrogen and oxygen atoms in total. The summed E-state index contributed by atoms with van der Waals surface area (Å²) >= 11 is 0. The van der Waals surface area contributed by atoms with Gasteiger partial charge in [-0.3, -0.25) is 4.79 Å². The minimum Gasteiger partial charge on any atom is -0.481 e. The third-order valence-corrected chi connectivity index (χ3v) is 2.79. The number of carbonyl (C=O) groups is 2. The minimum atomic E-state index is -0.985. The lowest BCUT2D eigenvalue weighted by molar-refractivity contribution is -0.141. The number of amides is 2. The van der Waals surface area contributed by atoms with E-state index in [2.05, 4.69) is 10.6 Å². The van der Waals surface area contributed by atoms with Crippen molar-refractivity contribution >= 4 is 12.0 Å². The Bertz CT molecular complexity index is 495. The Labute approximate surface area is 115 Å². The molecule has 0 aliphatic carbocycles. The number of aliphatic carboxylic acids is 1. The van der Waals surface area contributed by atoms with E-state index in [9.17, 15) is 18.4 Å². The molecule has 1 aromatic carbocycles. The molecule has 1 aromatic rings. The van der Waals surface area contributed by atoms with Gasteiger partial charge in [-0.05, 0) is 24.1 Å². The molecule has 2 amide bonds. The van der Waals surface area contributed by atoms with Gasteiger partial charge in [-0.1, -0.05) is 13.0 Å². The predicted octanol–water partition coefficient (Wildman–Crippen LogP) is 1.87. The molecule has 0 saturated heterocycles. The van der Waals surface area contributed by atoms with Crippen LogP contribution in [-0.4, -0.2) is 23.7 Å². The predicted molar refractivity (Wildman–Crippen MR) is 68.0 cm³/mol. The standard InChI is InChI=1S/C13H16F2N2O3/c1-2-9(12(18)19)7-17-13(20)16-6-8-3-4-10(14)11(15)5-8/h3-5,9H,2,6-7H2,1H3,(H,18,19)(H2,16,17,20). The lowest BCUT2D eigenvalue weighted by Crippen LogP contribution is -2.39. The molecule has 1 atom stereocenters. The van der Waals surface area contributed by atoms with Gasteiger partial charge in [0.05, 0.1) is 5.92 Å². The largest absolute Gasteiger partial charge is 0.481 e. The summed E-state index contributed by atoms with van der Waals surface area (Å²) in [6, 6.07) is 2.75. The number of carboxylic acids is 1. The number of benzene rings is 1. The van der Waals surface area contributed by atoms with Crippen molar-refractivity contribution in [3.05, 3.63) is 35.4 Å². The molecule has 1 rings (SSSR count). The van der Waals surface area contributed by atoms with Gasteiger partial charge in [0.15, 0.2) is 11.6 Å². The molecule has 0 saturated carbocycles. The van der Waals surface area contributed by atoms with Crippen LogP contribution in [0.4, 0.5) is 13.6 Å². The van der Waals surface area contributed by atoms with Crippen LogP contribution in [0.2, 0.25) is 0 Å². The summed E-state index contributed by atoms with van der Waals surface area (Å²) in [7, 11) is 0. The van der Waals surface area contributed by atoms with Crippen molar-refractivity contribution in [2.24, 2.45) is 5.92 Å². The van der Waals surface area contributed by atoms with Crippen molar-refractivity contribution in [3.8, 4) is 0 Å². The monoisotopic (exact) mass is 286 g/mol. The maximum Gasteiger partial charge on any atom is 0.315 e. The first-order chi connectivity index (χ1) is 9.43. The van der Waals surface area contributed by atoms with Gasteiger partial charge in [-0.2, -0.15) is 0 Å². The third-order valence-electron chi connectivity index (χ3n) is 2.79. The Kier molecular flexibility index (Phi) is 5.89. The van der Waals surface area contributed by atoms with Crippen LogP contribution in [0.15, 0.2) is 18.2 Å².